The molecule has 4 rings (SSSR count). The van der Waals surface area contributed by atoms with Gasteiger partial charge in [-0.2, -0.15) is 4.31 Å². The highest BCUT2D eigenvalue weighted by atomic mass is 32.2. The molecule has 0 spiro atoms. The summed E-state index contributed by atoms with van der Waals surface area (Å²) in [6.45, 7) is 1.16. The third-order valence-corrected chi connectivity index (χ3v) is 7.91. The standard InChI is InChI=1S/C23H28N4O6S/c1-31-18-13-16(14-19(32-2)22(18)33-3)6-7-21(28)26-9-11-27(12-10-26)34(29,30)20-15-25-23-17(20)5-4-8-24-23/h4-5,8,13-15H,6-7,9-12H2,1-3H3,(H,24,25). The Kier molecular flexibility index (Phi) is 6.94. The molecule has 3 aromatic rings. The molecular weight excluding hydrogens is 460 g/mol. The molecule has 0 atom stereocenters. The smallest absolute Gasteiger partial charge is 0.245 e. The van der Waals surface area contributed by atoms with Crippen molar-refractivity contribution >= 4 is 27.0 Å². The molecular formula is C23H28N4O6S. The lowest BCUT2D eigenvalue weighted by atomic mass is 10.1. The highest BCUT2D eigenvalue weighted by Gasteiger charge is 2.31. The zero-order valence-electron chi connectivity index (χ0n) is 19.4. The topological polar surface area (TPSA) is 114 Å². The number of aromatic nitrogens is 2. The fourth-order valence-electron chi connectivity index (χ4n) is 4.15. The summed E-state index contributed by atoms with van der Waals surface area (Å²) in [5, 5.41) is 0.561. The number of amides is 1. The van der Waals surface area contributed by atoms with E-state index in [1.807, 2.05) is 12.1 Å². The number of rotatable bonds is 8. The van der Waals surface area contributed by atoms with Crippen molar-refractivity contribution in [3.05, 3.63) is 42.2 Å². The molecule has 2 aromatic heterocycles. The van der Waals surface area contributed by atoms with Gasteiger partial charge in [-0.1, -0.05) is 0 Å². The Morgan fingerprint density at radius 2 is 1.74 bits per heavy atom. The van der Waals surface area contributed by atoms with Crippen molar-refractivity contribution < 1.29 is 27.4 Å². The van der Waals surface area contributed by atoms with Crippen molar-refractivity contribution in [2.45, 2.75) is 17.7 Å². The molecule has 1 N–H and O–H groups in total. The van der Waals surface area contributed by atoms with Crippen molar-refractivity contribution in [1.82, 2.24) is 19.2 Å². The van der Waals surface area contributed by atoms with Gasteiger partial charge in [0.25, 0.3) is 0 Å². The molecule has 1 saturated heterocycles. The monoisotopic (exact) mass is 488 g/mol. The molecule has 0 aliphatic carbocycles. The van der Waals surface area contributed by atoms with E-state index in [-0.39, 0.29) is 23.9 Å². The van der Waals surface area contributed by atoms with Crippen molar-refractivity contribution in [2.75, 3.05) is 47.5 Å². The van der Waals surface area contributed by atoms with Crippen LogP contribution in [0.2, 0.25) is 0 Å². The Morgan fingerprint density at radius 1 is 1.06 bits per heavy atom. The molecule has 3 heterocycles. The van der Waals surface area contributed by atoms with Crippen molar-refractivity contribution in [3.63, 3.8) is 0 Å². The van der Waals surface area contributed by atoms with Gasteiger partial charge in [0.2, 0.25) is 21.7 Å². The Morgan fingerprint density at radius 3 is 2.35 bits per heavy atom. The van der Waals surface area contributed by atoms with Crippen LogP contribution < -0.4 is 14.2 Å². The number of benzene rings is 1. The normalized spacial score (nSPS) is 14.9. The summed E-state index contributed by atoms with van der Waals surface area (Å²) >= 11 is 0. The number of piperazine rings is 1. The van der Waals surface area contributed by atoms with Crippen LogP contribution in [0.4, 0.5) is 0 Å². The zero-order valence-corrected chi connectivity index (χ0v) is 20.2. The van der Waals surface area contributed by atoms with Crippen LogP contribution in [0.15, 0.2) is 41.6 Å². The van der Waals surface area contributed by atoms with E-state index in [1.165, 1.54) is 10.5 Å². The minimum atomic E-state index is -3.69. The number of hydrogen-bond acceptors (Lipinski definition) is 7. The van der Waals surface area contributed by atoms with E-state index < -0.39 is 10.0 Å². The molecule has 0 unspecified atom stereocenters. The molecule has 10 nitrogen and oxygen atoms in total. The molecule has 11 heteroatoms. The number of hydrogen-bond donors (Lipinski definition) is 1. The van der Waals surface area contributed by atoms with Crippen LogP contribution in [0.5, 0.6) is 17.2 Å². The number of carbonyl (C=O) groups is 1. The fraction of sp³-hybridized carbons (Fsp3) is 0.391. The molecule has 0 radical (unpaired) electrons. The summed E-state index contributed by atoms with van der Waals surface area (Å²) in [4.78, 5) is 21.8. The van der Waals surface area contributed by atoms with E-state index in [4.69, 9.17) is 14.2 Å². The highest BCUT2D eigenvalue weighted by Crippen LogP contribution is 2.38. The lowest BCUT2D eigenvalue weighted by Crippen LogP contribution is -2.50. The van der Waals surface area contributed by atoms with E-state index in [1.54, 1.807) is 44.6 Å². The van der Waals surface area contributed by atoms with Crippen LogP contribution in [-0.2, 0) is 21.2 Å². The third-order valence-electron chi connectivity index (χ3n) is 5.97. The molecule has 1 aromatic carbocycles. The van der Waals surface area contributed by atoms with E-state index in [9.17, 15) is 13.2 Å². The van der Waals surface area contributed by atoms with E-state index >= 15 is 0 Å². The third kappa shape index (κ3) is 4.53. The first-order chi connectivity index (χ1) is 16.4. The maximum atomic E-state index is 13.2. The van der Waals surface area contributed by atoms with Gasteiger partial charge >= 0.3 is 0 Å². The molecule has 1 fully saturated rings. The number of sulfonamides is 1. The second kappa shape index (κ2) is 9.90. The lowest BCUT2D eigenvalue weighted by Gasteiger charge is -2.34. The predicted octanol–water partition coefficient (Wildman–Crippen LogP) is 2.05. The Labute approximate surface area is 198 Å². The maximum Gasteiger partial charge on any atom is 0.245 e. The minimum absolute atomic E-state index is 0.0258. The Hall–Kier alpha value is -3.31. The van der Waals surface area contributed by atoms with Crippen LogP contribution in [0.3, 0.4) is 0 Å². The number of H-pyrrole nitrogens is 1. The predicted molar refractivity (Wildman–Crippen MR) is 126 cm³/mol. The largest absolute Gasteiger partial charge is 0.493 e. The number of pyridine rings is 1. The summed E-state index contributed by atoms with van der Waals surface area (Å²) in [7, 11) is 0.950. The van der Waals surface area contributed by atoms with Gasteiger partial charge in [0.15, 0.2) is 11.5 Å². The summed E-state index contributed by atoms with van der Waals surface area (Å²) in [6, 6.07) is 7.10. The molecule has 34 heavy (non-hydrogen) atoms. The second-order valence-corrected chi connectivity index (χ2v) is 9.78. The van der Waals surface area contributed by atoms with Crippen LogP contribution in [0.1, 0.15) is 12.0 Å². The van der Waals surface area contributed by atoms with Gasteiger partial charge in [0, 0.05) is 50.4 Å². The molecule has 182 valence electrons. The number of ether oxygens (including phenoxy) is 3. The maximum absolute atomic E-state index is 13.2. The zero-order chi connectivity index (χ0) is 24.3. The number of aryl methyl sites for hydroxylation is 1. The number of nitrogens with one attached hydrogen (secondary N) is 1. The van der Waals surface area contributed by atoms with Gasteiger partial charge in [0.1, 0.15) is 10.5 Å². The van der Waals surface area contributed by atoms with E-state index in [0.29, 0.717) is 54.2 Å². The van der Waals surface area contributed by atoms with Gasteiger partial charge < -0.3 is 24.1 Å². The number of fused-ring (bicyclic) bond motifs is 1. The van der Waals surface area contributed by atoms with Gasteiger partial charge in [-0.15, -0.1) is 0 Å². The molecule has 0 saturated carbocycles. The number of methoxy groups -OCH3 is 3. The van der Waals surface area contributed by atoms with E-state index in [0.717, 1.165) is 5.56 Å². The molecule has 0 bridgehead atoms. The van der Waals surface area contributed by atoms with Gasteiger partial charge in [0.05, 0.1) is 21.3 Å². The summed E-state index contributed by atoms with van der Waals surface area (Å²) in [6.07, 6.45) is 3.87. The van der Waals surface area contributed by atoms with Crippen molar-refractivity contribution in [2.24, 2.45) is 0 Å². The quantitative estimate of drug-likeness (QED) is 0.516. The Balaban J connectivity index is 1.38. The first-order valence-corrected chi connectivity index (χ1v) is 12.3. The second-order valence-electron chi connectivity index (χ2n) is 7.87. The average molecular weight is 489 g/mol. The average Bonchev–Trinajstić information content (AvgIpc) is 3.31. The van der Waals surface area contributed by atoms with Crippen molar-refractivity contribution in [3.8, 4) is 17.2 Å². The molecule has 1 aliphatic rings. The lowest BCUT2D eigenvalue weighted by molar-refractivity contribution is -0.132. The van der Waals surface area contributed by atoms with Gasteiger partial charge in [-0.05, 0) is 36.2 Å². The fourth-order valence-corrected chi connectivity index (χ4v) is 5.72. The Bertz CT molecular complexity index is 1260. The molecule has 1 amide bonds. The number of carbonyl (C=O) groups excluding carboxylic acids is 1. The molecule has 1 aliphatic heterocycles. The van der Waals surface area contributed by atoms with Crippen molar-refractivity contribution in [1.29, 1.82) is 0 Å². The summed E-state index contributed by atoms with van der Waals surface area (Å²) in [5.41, 5.74) is 1.42. The highest BCUT2D eigenvalue weighted by molar-refractivity contribution is 7.89. The van der Waals surface area contributed by atoms with Gasteiger partial charge in [-0.25, -0.2) is 13.4 Å². The van der Waals surface area contributed by atoms with Crippen LogP contribution in [-0.4, -0.2) is 81.0 Å². The van der Waals surface area contributed by atoms with Crippen LogP contribution >= 0.6 is 0 Å². The van der Waals surface area contributed by atoms with Crippen LogP contribution in [0.25, 0.3) is 11.0 Å². The summed E-state index contributed by atoms with van der Waals surface area (Å²) in [5.74, 6) is 1.55. The van der Waals surface area contributed by atoms with Crippen LogP contribution in [0, 0.1) is 0 Å². The summed E-state index contributed by atoms with van der Waals surface area (Å²) < 4.78 is 43.8. The number of nitrogens with zero attached hydrogens (tertiary/aromatic N) is 3. The SMILES string of the molecule is COc1cc(CCC(=O)N2CCN(S(=O)(=O)c3c[nH]c4ncccc34)CC2)cc(OC)c1OC. The first-order valence-electron chi connectivity index (χ1n) is 10.9. The first kappa shape index (κ1) is 23.8. The minimum Gasteiger partial charge on any atom is -0.493 e. The van der Waals surface area contributed by atoms with Gasteiger partial charge in [-0.3, -0.25) is 4.79 Å². The number of aromatic amines is 1. The van der Waals surface area contributed by atoms with E-state index in [2.05, 4.69) is 9.97 Å².